The van der Waals surface area contributed by atoms with Crippen molar-refractivity contribution in [3.63, 3.8) is 0 Å². The van der Waals surface area contributed by atoms with Crippen LogP contribution in [0.1, 0.15) is 26.2 Å². The van der Waals surface area contributed by atoms with Crippen molar-refractivity contribution < 1.29 is 0 Å². The van der Waals surface area contributed by atoms with Gasteiger partial charge >= 0.3 is 0 Å². The van der Waals surface area contributed by atoms with Gasteiger partial charge in [0.2, 0.25) is 0 Å². The summed E-state index contributed by atoms with van der Waals surface area (Å²) < 4.78 is 0. The Kier molecular flexibility index (Phi) is 3.24. The first-order chi connectivity index (χ1) is 6.79. The normalized spacial score (nSPS) is 38.2. The summed E-state index contributed by atoms with van der Waals surface area (Å²) in [5, 5.41) is 3.74. The topological polar surface area (TPSA) is 15.3 Å². The molecule has 3 heterocycles. The molecule has 0 aromatic carbocycles. The molecule has 80 valence electrons. The quantitative estimate of drug-likeness (QED) is 0.684. The van der Waals surface area contributed by atoms with E-state index in [0.29, 0.717) is 6.04 Å². The van der Waals surface area contributed by atoms with E-state index in [2.05, 4.69) is 23.7 Å². The zero-order valence-electron chi connectivity index (χ0n) is 9.21. The van der Waals surface area contributed by atoms with Gasteiger partial charge in [0.1, 0.15) is 0 Å². The van der Waals surface area contributed by atoms with E-state index in [4.69, 9.17) is 0 Å². The van der Waals surface area contributed by atoms with E-state index in [0.717, 1.165) is 18.4 Å². The van der Waals surface area contributed by atoms with Gasteiger partial charge in [0, 0.05) is 18.6 Å². The van der Waals surface area contributed by atoms with Gasteiger partial charge in [0.15, 0.2) is 0 Å². The van der Waals surface area contributed by atoms with Gasteiger partial charge in [-0.25, -0.2) is 0 Å². The summed E-state index contributed by atoms with van der Waals surface area (Å²) in [6.07, 6.45) is 5.90. The Balaban J connectivity index is 1.83. The van der Waals surface area contributed by atoms with E-state index in [1.807, 2.05) is 6.08 Å². The molecule has 0 aromatic rings. The lowest BCUT2D eigenvalue weighted by atomic mass is 9.83. The molecule has 3 fully saturated rings. The molecule has 0 amide bonds. The number of hydrogen-bond acceptors (Lipinski definition) is 2. The number of hydrogen-bond donors (Lipinski definition) is 1. The predicted molar refractivity (Wildman–Crippen MR) is 60.4 cm³/mol. The van der Waals surface area contributed by atoms with Crippen molar-refractivity contribution in [1.29, 1.82) is 0 Å². The first kappa shape index (κ1) is 10.2. The summed E-state index contributed by atoms with van der Waals surface area (Å²) in [6, 6.07) is 1.34. The third kappa shape index (κ3) is 2.18. The molecular formula is C12H22N2. The average molecular weight is 194 g/mol. The van der Waals surface area contributed by atoms with Gasteiger partial charge in [-0.2, -0.15) is 0 Å². The van der Waals surface area contributed by atoms with Crippen LogP contribution in [-0.2, 0) is 0 Å². The van der Waals surface area contributed by atoms with Crippen LogP contribution in [0.2, 0.25) is 0 Å². The molecule has 0 radical (unpaired) electrons. The maximum atomic E-state index is 3.79. The minimum absolute atomic E-state index is 0.595. The third-order valence-corrected chi connectivity index (χ3v) is 3.67. The summed E-state index contributed by atoms with van der Waals surface area (Å²) in [5.41, 5.74) is 0. The van der Waals surface area contributed by atoms with Crippen molar-refractivity contribution in [3.8, 4) is 0 Å². The SMILES string of the molecule is C=CCC(C)NC1CN2CCC1CC2. The lowest BCUT2D eigenvalue weighted by Crippen LogP contribution is -2.57. The number of nitrogens with zero attached hydrogens (tertiary/aromatic N) is 1. The minimum atomic E-state index is 0.595. The van der Waals surface area contributed by atoms with E-state index in [-0.39, 0.29) is 0 Å². The van der Waals surface area contributed by atoms with Gasteiger partial charge in [-0.3, -0.25) is 0 Å². The van der Waals surface area contributed by atoms with Crippen molar-refractivity contribution >= 4 is 0 Å². The van der Waals surface area contributed by atoms with Gasteiger partial charge in [-0.15, -0.1) is 6.58 Å². The molecule has 0 aromatic heterocycles. The van der Waals surface area contributed by atoms with Gasteiger partial charge < -0.3 is 10.2 Å². The standard InChI is InChI=1S/C12H22N2/c1-3-4-10(2)13-12-9-14-7-5-11(12)6-8-14/h3,10-13H,1,4-9H2,2H3. The minimum Gasteiger partial charge on any atom is -0.310 e. The summed E-state index contributed by atoms with van der Waals surface area (Å²) in [6.45, 7) is 9.99. The van der Waals surface area contributed by atoms with Crippen LogP contribution in [0.3, 0.4) is 0 Å². The van der Waals surface area contributed by atoms with E-state index < -0.39 is 0 Å². The Morgan fingerprint density at radius 1 is 1.50 bits per heavy atom. The van der Waals surface area contributed by atoms with Crippen LogP contribution >= 0.6 is 0 Å². The van der Waals surface area contributed by atoms with Gasteiger partial charge in [-0.1, -0.05) is 6.08 Å². The Morgan fingerprint density at radius 3 is 2.71 bits per heavy atom. The highest BCUT2D eigenvalue weighted by atomic mass is 15.2. The molecule has 2 atom stereocenters. The number of piperidine rings is 3. The largest absolute Gasteiger partial charge is 0.310 e. The fourth-order valence-corrected chi connectivity index (χ4v) is 2.84. The molecule has 3 rings (SSSR count). The molecule has 2 nitrogen and oxygen atoms in total. The third-order valence-electron chi connectivity index (χ3n) is 3.67. The lowest BCUT2D eigenvalue weighted by Gasteiger charge is -2.46. The average Bonchev–Trinajstić information content (AvgIpc) is 2.19. The molecule has 3 saturated heterocycles. The van der Waals surface area contributed by atoms with Crippen LogP contribution in [0.5, 0.6) is 0 Å². The molecule has 14 heavy (non-hydrogen) atoms. The zero-order valence-corrected chi connectivity index (χ0v) is 9.21. The Bertz CT molecular complexity index is 194. The van der Waals surface area contributed by atoms with Gasteiger partial charge in [-0.05, 0) is 45.2 Å². The van der Waals surface area contributed by atoms with Crippen molar-refractivity contribution in [3.05, 3.63) is 12.7 Å². The van der Waals surface area contributed by atoms with Crippen molar-refractivity contribution in [2.24, 2.45) is 5.92 Å². The smallest absolute Gasteiger partial charge is 0.0226 e. The van der Waals surface area contributed by atoms with E-state index in [1.54, 1.807) is 0 Å². The predicted octanol–water partition coefficient (Wildman–Crippen LogP) is 1.63. The first-order valence-corrected chi connectivity index (χ1v) is 5.89. The van der Waals surface area contributed by atoms with Crippen LogP contribution < -0.4 is 5.32 Å². The first-order valence-electron chi connectivity index (χ1n) is 5.89. The molecule has 2 heteroatoms. The van der Waals surface area contributed by atoms with E-state index in [1.165, 1.54) is 32.5 Å². The summed E-state index contributed by atoms with van der Waals surface area (Å²) in [7, 11) is 0. The fourth-order valence-electron chi connectivity index (χ4n) is 2.84. The van der Waals surface area contributed by atoms with Crippen LogP contribution in [-0.4, -0.2) is 36.6 Å². The molecule has 3 aliphatic rings. The van der Waals surface area contributed by atoms with E-state index in [9.17, 15) is 0 Å². The van der Waals surface area contributed by atoms with Crippen LogP contribution in [0, 0.1) is 5.92 Å². The lowest BCUT2D eigenvalue weighted by molar-refractivity contribution is 0.0682. The van der Waals surface area contributed by atoms with Crippen molar-refractivity contribution in [2.45, 2.75) is 38.3 Å². The van der Waals surface area contributed by atoms with Gasteiger partial charge in [0.05, 0.1) is 0 Å². The highest BCUT2D eigenvalue weighted by Crippen LogP contribution is 2.27. The Labute approximate surface area is 87.4 Å². The maximum Gasteiger partial charge on any atom is 0.0226 e. The number of fused-ring (bicyclic) bond motifs is 3. The highest BCUT2D eigenvalue weighted by Gasteiger charge is 2.34. The second-order valence-electron chi connectivity index (χ2n) is 4.84. The van der Waals surface area contributed by atoms with Crippen LogP contribution in [0.25, 0.3) is 0 Å². The summed E-state index contributed by atoms with van der Waals surface area (Å²) in [4.78, 5) is 2.60. The second-order valence-corrected chi connectivity index (χ2v) is 4.84. The van der Waals surface area contributed by atoms with Crippen LogP contribution in [0.15, 0.2) is 12.7 Å². The second kappa shape index (κ2) is 4.45. The molecule has 0 saturated carbocycles. The Morgan fingerprint density at radius 2 is 2.21 bits per heavy atom. The van der Waals surface area contributed by atoms with Crippen LogP contribution in [0.4, 0.5) is 0 Å². The monoisotopic (exact) mass is 194 g/mol. The molecule has 3 aliphatic heterocycles. The highest BCUT2D eigenvalue weighted by molar-refractivity contribution is 4.92. The number of nitrogens with one attached hydrogen (secondary N) is 1. The summed E-state index contributed by atoms with van der Waals surface area (Å²) >= 11 is 0. The van der Waals surface area contributed by atoms with Crippen molar-refractivity contribution in [1.82, 2.24) is 10.2 Å². The molecule has 1 N–H and O–H groups in total. The zero-order chi connectivity index (χ0) is 9.97. The fraction of sp³-hybridized carbons (Fsp3) is 0.833. The van der Waals surface area contributed by atoms with E-state index >= 15 is 0 Å². The maximum absolute atomic E-state index is 3.79. The molecule has 2 unspecified atom stereocenters. The molecule has 2 bridgehead atoms. The van der Waals surface area contributed by atoms with Crippen molar-refractivity contribution in [2.75, 3.05) is 19.6 Å². The Hall–Kier alpha value is -0.340. The molecule has 0 spiro atoms. The van der Waals surface area contributed by atoms with Gasteiger partial charge in [0.25, 0.3) is 0 Å². The molecular weight excluding hydrogens is 172 g/mol. The molecule has 0 aliphatic carbocycles. The number of rotatable bonds is 4. The summed E-state index contributed by atoms with van der Waals surface area (Å²) in [5.74, 6) is 0.937.